The molecule has 1 aromatic rings. The van der Waals surface area contributed by atoms with Gasteiger partial charge in [0.2, 0.25) is 11.8 Å². The summed E-state index contributed by atoms with van der Waals surface area (Å²) >= 11 is 0. The van der Waals surface area contributed by atoms with Gasteiger partial charge in [0.25, 0.3) is 0 Å². The number of hydrogen-bond acceptors (Lipinski definition) is 4. The van der Waals surface area contributed by atoms with E-state index in [-0.39, 0.29) is 17.9 Å². The first-order valence-electron chi connectivity index (χ1n) is 9.10. The number of carbonyl (C=O) groups excluding carboxylic acids is 2. The second kappa shape index (κ2) is 8.25. The number of nitrogens with one attached hydrogen (secondary N) is 1. The number of nitrogens with zero attached hydrogens (tertiary/aromatic N) is 1. The summed E-state index contributed by atoms with van der Waals surface area (Å²) in [4.78, 5) is 26.2. The van der Waals surface area contributed by atoms with Crippen molar-refractivity contribution in [3.8, 4) is 11.5 Å². The molecule has 1 heterocycles. The fourth-order valence-electron chi connectivity index (χ4n) is 3.21. The molecule has 1 saturated carbocycles. The third kappa shape index (κ3) is 4.56. The molecule has 2 aliphatic rings. The summed E-state index contributed by atoms with van der Waals surface area (Å²) in [5.41, 5.74) is 0.864. The largest absolute Gasteiger partial charge is 0.493 e. The number of hydrogen-bond donors (Lipinski definition) is 1. The van der Waals surface area contributed by atoms with Crippen molar-refractivity contribution in [2.45, 2.75) is 31.7 Å². The summed E-state index contributed by atoms with van der Waals surface area (Å²) in [7, 11) is 3.17. The number of piperidine rings is 1. The van der Waals surface area contributed by atoms with Crippen molar-refractivity contribution < 1.29 is 19.1 Å². The van der Waals surface area contributed by atoms with Gasteiger partial charge in [0.1, 0.15) is 0 Å². The maximum absolute atomic E-state index is 12.2. The van der Waals surface area contributed by atoms with Crippen molar-refractivity contribution in [3.05, 3.63) is 29.8 Å². The van der Waals surface area contributed by atoms with E-state index in [2.05, 4.69) is 5.32 Å². The number of likely N-dealkylation sites (tertiary alicyclic amines) is 1. The quantitative estimate of drug-likeness (QED) is 0.792. The van der Waals surface area contributed by atoms with Crippen molar-refractivity contribution in [2.24, 2.45) is 5.92 Å². The first-order valence-corrected chi connectivity index (χ1v) is 9.10. The van der Waals surface area contributed by atoms with Gasteiger partial charge in [0.05, 0.1) is 14.2 Å². The van der Waals surface area contributed by atoms with E-state index in [0.717, 1.165) is 44.3 Å². The zero-order valence-electron chi connectivity index (χ0n) is 15.4. The predicted octanol–water partition coefficient (Wildman–Crippen LogP) is 2.23. The van der Waals surface area contributed by atoms with Crippen molar-refractivity contribution >= 4 is 17.9 Å². The van der Waals surface area contributed by atoms with Crippen molar-refractivity contribution in [1.82, 2.24) is 10.2 Å². The van der Waals surface area contributed by atoms with Crippen LogP contribution in [0.25, 0.3) is 6.08 Å². The molecule has 6 heteroatoms. The molecule has 1 aliphatic carbocycles. The molecule has 0 unspecified atom stereocenters. The minimum absolute atomic E-state index is 0.119. The lowest BCUT2D eigenvalue weighted by Gasteiger charge is -2.32. The molecule has 2 fully saturated rings. The molecule has 0 atom stereocenters. The number of amides is 2. The Kier molecular flexibility index (Phi) is 5.81. The Morgan fingerprint density at radius 3 is 2.38 bits per heavy atom. The predicted molar refractivity (Wildman–Crippen MR) is 99.0 cm³/mol. The zero-order valence-corrected chi connectivity index (χ0v) is 15.4. The van der Waals surface area contributed by atoms with Crippen LogP contribution in [0, 0.1) is 5.92 Å². The average molecular weight is 358 g/mol. The highest BCUT2D eigenvalue weighted by Gasteiger charge is 2.34. The minimum atomic E-state index is -0.119. The highest BCUT2D eigenvalue weighted by Crippen LogP contribution is 2.32. The molecule has 2 amide bonds. The molecule has 0 spiro atoms. The lowest BCUT2D eigenvalue weighted by atomic mass is 10.0. The highest BCUT2D eigenvalue weighted by molar-refractivity contribution is 5.92. The average Bonchev–Trinajstić information content (AvgIpc) is 3.51. The van der Waals surface area contributed by atoms with Gasteiger partial charge in [-0.2, -0.15) is 0 Å². The number of rotatable bonds is 6. The maximum Gasteiger partial charge on any atom is 0.244 e. The van der Waals surface area contributed by atoms with Crippen LogP contribution in [0.15, 0.2) is 24.3 Å². The molecule has 3 rings (SSSR count). The smallest absolute Gasteiger partial charge is 0.244 e. The van der Waals surface area contributed by atoms with Crippen LogP contribution in [-0.4, -0.2) is 50.1 Å². The Labute approximate surface area is 154 Å². The third-order valence-electron chi connectivity index (χ3n) is 4.91. The van der Waals surface area contributed by atoms with Crippen LogP contribution in [0.2, 0.25) is 0 Å². The second-order valence-electron chi connectivity index (χ2n) is 6.83. The summed E-state index contributed by atoms with van der Waals surface area (Å²) in [6.45, 7) is 1.47. The zero-order chi connectivity index (χ0) is 18.5. The molecular weight excluding hydrogens is 332 g/mol. The van der Waals surface area contributed by atoms with Crippen LogP contribution in [-0.2, 0) is 9.59 Å². The molecular formula is C20H26N2O4. The molecule has 0 radical (unpaired) electrons. The van der Waals surface area contributed by atoms with E-state index in [9.17, 15) is 9.59 Å². The van der Waals surface area contributed by atoms with Crippen LogP contribution in [0.1, 0.15) is 31.2 Å². The maximum atomic E-state index is 12.2. The Morgan fingerprint density at radius 1 is 1.08 bits per heavy atom. The third-order valence-corrected chi connectivity index (χ3v) is 4.91. The van der Waals surface area contributed by atoms with E-state index >= 15 is 0 Å². The van der Waals surface area contributed by atoms with Gasteiger partial charge in [-0.1, -0.05) is 6.07 Å². The van der Waals surface area contributed by atoms with E-state index in [1.54, 1.807) is 20.3 Å². The van der Waals surface area contributed by atoms with E-state index in [1.807, 2.05) is 23.1 Å². The van der Waals surface area contributed by atoms with Gasteiger partial charge < -0.3 is 19.7 Å². The normalized spacial score (nSPS) is 18.0. The Bertz CT molecular complexity index is 689. The van der Waals surface area contributed by atoms with E-state index in [0.29, 0.717) is 17.4 Å². The lowest BCUT2D eigenvalue weighted by Crippen LogP contribution is -2.46. The number of carbonyl (C=O) groups is 2. The lowest BCUT2D eigenvalue weighted by molar-refractivity contribution is -0.133. The molecule has 1 aromatic carbocycles. The molecule has 6 nitrogen and oxygen atoms in total. The standard InChI is InChI=1S/C20H26N2O4/c1-25-17-7-3-14(13-18(17)26-2)4-8-19(23)21-16-9-11-22(12-10-16)20(24)15-5-6-15/h3-4,7-8,13,15-16H,5-6,9-12H2,1-2H3,(H,21,23)/b8-4+. The molecule has 1 N–H and O–H groups in total. The van der Waals surface area contributed by atoms with Gasteiger partial charge in [-0.25, -0.2) is 0 Å². The molecule has 140 valence electrons. The monoisotopic (exact) mass is 358 g/mol. The van der Waals surface area contributed by atoms with Crippen molar-refractivity contribution in [3.63, 3.8) is 0 Å². The number of benzene rings is 1. The molecule has 1 saturated heterocycles. The van der Waals surface area contributed by atoms with E-state index in [1.165, 1.54) is 6.08 Å². The number of ether oxygens (including phenoxy) is 2. The molecule has 0 aromatic heterocycles. The first-order chi connectivity index (χ1) is 12.6. The van der Waals surface area contributed by atoms with E-state index in [4.69, 9.17) is 9.47 Å². The summed E-state index contributed by atoms with van der Waals surface area (Å²) in [6.07, 6.45) is 6.99. The molecule has 0 bridgehead atoms. The molecule has 26 heavy (non-hydrogen) atoms. The second-order valence-corrected chi connectivity index (χ2v) is 6.83. The SMILES string of the molecule is COc1ccc(/C=C/C(=O)NC2CCN(C(=O)C3CC3)CC2)cc1OC. The first kappa shape index (κ1) is 18.3. The summed E-state index contributed by atoms with van der Waals surface area (Å²) < 4.78 is 10.5. The van der Waals surface area contributed by atoms with E-state index < -0.39 is 0 Å². The summed E-state index contributed by atoms with van der Waals surface area (Å²) in [5.74, 6) is 1.73. The Hall–Kier alpha value is -2.50. The van der Waals surface area contributed by atoms with Gasteiger partial charge in [-0.15, -0.1) is 0 Å². The van der Waals surface area contributed by atoms with Gasteiger partial charge in [-0.05, 0) is 49.5 Å². The van der Waals surface area contributed by atoms with Gasteiger partial charge in [-0.3, -0.25) is 9.59 Å². The fourth-order valence-corrected chi connectivity index (χ4v) is 3.21. The molecule has 1 aliphatic heterocycles. The van der Waals surface area contributed by atoms with Crippen molar-refractivity contribution in [1.29, 1.82) is 0 Å². The van der Waals surface area contributed by atoms with Crippen LogP contribution in [0.3, 0.4) is 0 Å². The van der Waals surface area contributed by atoms with Crippen LogP contribution in [0.5, 0.6) is 11.5 Å². The Balaban J connectivity index is 1.48. The summed E-state index contributed by atoms with van der Waals surface area (Å²) in [5, 5.41) is 3.02. The van der Waals surface area contributed by atoms with Gasteiger partial charge in [0.15, 0.2) is 11.5 Å². The van der Waals surface area contributed by atoms with Gasteiger partial charge >= 0.3 is 0 Å². The fraction of sp³-hybridized carbons (Fsp3) is 0.500. The minimum Gasteiger partial charge on any atom is -0.493 e. The topological polar surface area (TPSA) is 67.9 Å². The highest BCUT2D eigenvalue weighted by atomic mass is 16.5. The number of methoxy groups -OCH3 is 2. The van der Waals surface area contributed by atoms with Crippen LogP contribution < -0.4 is 14.8 Å². The summed E-state index contributed by atoms with van der Waals surface area (Å²) in [6, 6.07) is 5.63. The van der Waals surface area contributed by atoms with Crippen LogP contribution in [0.4, 0.5) is 0 Å². The Morgan fingerprint density at radius 2 is 1.77 bits per heavy atom. The van der Waals surface area contributed by atoms with Crippen LogP contribution >= 0.6 is 0 Å². The van der Waals surface area contributed by atoms with Crippen molar-refractivity contribution in [2.75, 3.05) is 27.3 Å². The van der Waals surface area contributed by atoms with Gasteiger partial charge in [0, 0.05) is 31.1 Å².